The van der Waals surface area contributed by atoms with Gasteiger partial charge in [-0.1, -0.05) is 12.1 Å². The summed E-state index contributed by atoms with van der Waals surface area (Å²) < 4.78 is 13.0. The van der Waals surface area contributed by atoms with Gasteiger partial charge in [0.2, 0.25) is 0 Å². The van der Waals surface area contributed by atoms with Crippen molar-refractivity contribution in [2.45, 2.75) is 6.54 Å². The molecule has 1 heterocycles. The Morgan fingerprint density at radius 2 is 2.25 bits per heavy atom. The molecule has 12 heavy (non-hydrogen) atoms. The molecule has 0 bridgehead atoms. The summed E-state index contributed by atoms with van der Waals surface area (Å²) in [5.74, 6) is -0.387. The Labute approximate surface area is 68.6 Å². The van der Waals surface area contributed by atoms with Crippen LogP contribution in [0.25, 0.3) is 0 Å². The zero-order valence-corrected chi connectivity index (χ0v) is 6.23. The van der Waals surface area contributed by atoms with Gasteiger partial charge in [0.15, 0.2) is 0 Å². The first-order chi connectivity index (χ1) is 5.77. The van der Waals surface area contributed by atoms with Gasteiger partial charge in [-0.25, -0.2) is 9.18 Å². The number of para-hydroxylation sites is 1. The molecule has 3 nitrogen and oxygen atoms in total. The molecule has 4 heteroatoms. The van der Waals surface area contributed by atoms with Crippen LogP contribution in [0, 0.1) is 5.82 Å². The van der Waals surface area contributed by atoms with Crippen LogP contribution >= 0.6 is 0 Å². The first-order valence-corrected chi connectivity index (χ1v) is 3.59. The van der Waals surface area contributed by atoms with Crippen molar-refractivity contribution < 1.29 is 9.18 Å². The predicted molar refractivity (Wildman–Crippen MR) is 42.3 cm³/mol. The van der Waals surface area contributed by atoms with Crippen LogP contribution in [-0.4, -0.2) is 6.03 Å². The lowest BCUT2D eigenvalue weighted by atomic mass is 10.1. The van der Waals surface area contributed by atoms with Gasteiger partial charge < -0.3 is 10.6 Å². The Kier molecular flexibility index (Phi) is 1.46. The number of nitrogens with one attached hydrogen (secondary N) is 2. The van der Waals surface area contributed by atoms with Crippen molar-refractivity contribution in [3.8, 4) is 0 Å². The monoisotopic (exact) mass is 166 g/mol. The maximum atomic E-state index is 13.0. The molecule has 0 unspecified atom stereocenters. The number of halogens is 1. The SMILES string of the molecule is O=C1NCc2cccc(F)c2N1. The number of benzene rings is 1. The standard InChI is InChI=1S/C8H7FN2O/c9-6-3-1-2-5-4-10-8(12)11-7(5)6/h1-3H,4H2,(H2,10,11,12). The molecule has 0 spiro atoms. The average Bonchev–Trinajstić information content (AvgIpc) is 2.07. The fraction of sp³-hybridized carbons (Fsp3) is 0.125. The maximum absolute atomic E-state index is 13.0. The largest absolute Gasteiger partial charge is 0.334 e. The van der Waals surface area contributed by atoms with Crippen molar-refractivity contribution in [1.82, 2.24) is 5.32 Å². The number of hydrogen-bond donors (Lipinski definition) is 2. The van der Waals surface area contributed by atoms with Gasteiger partial charge in [-0.2, -0.15) is 0 Å². The summed E-state index contributed by atoms with van der Waals surface area (Å²) in [5.41, 5.74) is 1.07. The lowest BCUT2D eigenvalue weighted by molar-refractivity contribution is 0.250. The van der Waals surface area contributed by atoms with Crippen molar-refractivity contribution >= 4 is 11.7 Å². The van der Waals surface area contributed by atoms with Crippen molar-refractivity contribution in [3.63, 3.8) is 0 Å². The molecular weight excluding hydrogens is 159 g/mol. The van der Waals surface area contributed by atoms with Crippen molar-refractivity contribution in [2.75, 3.05) is 5.32 Å². The molecule has 1 aliphatic heterocycles. The molecule has 1 aliphatic rings. The average molecular weight is 166 g/mol. The molecule has 1 aromatic carbocycles. The first kappa shape index (κ1) is 7.09. The lowest BCUT2D eigenvalue weighted by Gasteiger charge is -2.17. The van der Waals surface area contributed by atoms with E-state index in [1.165, 1.54) is 6.07 Å². The van der Waals surface area contributed by atoms with Crippen molar-refractivity contribution in [3.05, 3.63) is 29.6 Å². The molecule has 0 saturated carbocycles. The van der Waals surface area contributed by atoms with Crippen molar-refractivity contribution in [2.24, 2.45) is 0 Å². The third-order valence-electron chi connectivity index (χ3n) is 1.78. The predicted octanol–water partition coefficient (Wildman–Crippen LogP) is 1.46. The summed E-state index contributed by atoms with van der Waals surface area (Å²) in [6.07, 6.45) is 0. The van der Waals surface area contributed by atoms with Gasteiger partial charge in [-0.3, -0.25) is 0 Å². The molecule has 0 aromatic heterocycles. The van der Waals surface area contributed by atoms with Gasteiger partial charge >= 0.3 is 6.03 Å². The number of rotatable bonds is 0. The third-order valence-corrected chi connectivity index (χ3v) is 1.78. The molecule has 0 aliphatic carbocycles. The van der Waals surface area contributed by atoms with E-state index in [2.05, 4.69) is 10.6 Å². The molecule has 1 aromatic rings. The summed E-state index contributed by atoms with van der Waals surface area (Å²) in [6.45, 7) is 0.388. The van der Waals surface area contributed by atoms with Gasteiger partial charge in [-0.15, -0.1) is 0 Å². The molecular formula is C8H7FN2O. The number of fused-ring (bicyclic) bond motifs is 1. The summed E-state index contributed by atoms with van der Waals surface area (Å²) in [5, 5.41) is 4.95. The molecule has 0 fully saturated rings. The first-order valence-electron chi connectivity index (χ1n) is 3.59. The van der Waals surface area contributed by atoms with Crippen LogP contribution in [-0.2, 0) is 6.54 Å². The minimum atomic E-state index is -0.387. The summed E-state index contributed by atoms with van der Waals surface area (Å²) in [7, 11) is 0. The second-order valence-electron chi connectivity index (χ2n) is 2.58. The van der Waals surface area contributed by atoms with Gasteiger partial charge in [0.05, 0.1) is 5.69 Å². The van der Waals surface area contributed by atoms with Gasteiger partial charge in [0.25, 0.3) is 0 Å². The van der Waals surface area contributed by atoms with E-state index in [1.54, 1.807) is 12.1 Å². The summed E-state index contributed by atoms with van der Waals surface area (Å²) in [4.78, 5) is 10.8. The summed E-state index contributed by atoms with van der Waals surface area (Å²) in [6, 6.07) is 4.36. The maximum Gasteiger partial charge on any atom is 0.319 e. The zero-order valence-electron chi connectivity index (χ0n) is 6.23. The highest BCUT2D eigenvalue weighted by molar-refractivity contribution is 5.92. The van der Waals surface area contributed by atoms with Crippen LogP contribution in [0.1, 0.15) is 5.56 Å². The third kappa shape index (κ3) is 1.01. The number of hydrogen-bond acceptors (Lipinski definition) is 1. The van der Waals surface area contributed by atoms with Crippen LogP contribution in [0.5, 0.6) is 0 Å². The molecule has 2 rings (SSSR count). The molecule has 0 atom stereocenters. The smallest absolute Gasteiger partial charge is 0.319 e. The Morgan fingerprint density at radius 1 is 1.42 bits per heavy atom. The van der Waals surface area contributed by atoms with Crippen molar-refractivity contribution in [1.29, 1.82) is 0 Å². The highest BCUT2D eigenvalue weighted by atomic mass is 19.1. The quantitative estimate of drug-likeness (QED) is 0.601. The Morgan fingerprint density at radius 3 is 3.08 bits per heavy atom. The van der Waals surface area contributed by atoms with Crippen LogP contribution in [0.4, 0.5) is 14.9 Å². The fourth-order valence-corrected chi connectivity index (χ4v) is 1.19. The van der Waals surface area contributed by atoms with Crippen LogP contribution in [0.3, 0.4) is 0 Å². The molecule has 0 saturated heterocycles. The van der Waals surface area contributed by atoms with E-state index < -0.39 is 0 Å². The van der Waals surface area contributed by atoms with Gasteiger partial charge in [0, 0.05) is 6.54 Å². The number of urea groups is 1. The van der Waals surface area contributed by atoms with E-state index in [0.29, 0.717) is 12.2 Å². The number of anilines is 1. The summed E-state index contributed by atoms with van der Waals surface area (Å²) >= 11 is 0. The molecule has 2 amide bonds. The van der Waals surface area contributed by atoms with E-state index in [-0.39, 0.29) is 11.8 Å². The molecule has 2 N–H and O–H groups in total. The Bertz CT molecular complexity index is 338. The van der Waals surface area contributed by atoms with E-state index in [1.807, 2.05) is 0 Å². The minimum Gasteiger partial charge on any atom is -0.334 e. The van der Waals surface area contributed by atoms with E-state index >= 15 is 0 Å². The minimum absolute atomic E-state index is 0.293. The van der Waals surface area contributed by atoms with Crippen LogP contribution < -0.4 is 10.6 Å². The van der Waals surface area contributed by atoms with Gasteiger partial charge in [0.1, 0.15) is 5.82 Å². The Balaban J connectivity index is 2.50. The number of carbonyl (C=O) groups is 1. The highest BCUT2D eigenvalue weighted by Gasteiger charge is 2.16. The second-order valence-corrected chi connectivity index (χ2v) is 2.58. The van der Waals surface area contributed by atoms with E-state index in [9.17, 15) is 9.18 Å². The van der Waals surface area contributed by atoms with Gasteiger partial charge in [-0.05, 0) is 11.6 Å². The number of carbonyl (C=O) groups excluding carboxylic acids is 1. The van der Waals surface area contributed by atoms with E-state index in [0.717, 1.165) is 5.56 Å². The molecule has 0 radical (unpaired) electrons. The normalized spacial score (nSPS) is 14.6. The lowest BCUT2D eigenvalue weighted by Crippen LogP contribution is -2.33. The van der Waals surface area contributed by atoms with E-state index in [4.69, 9.17) is 0 Å². The van der Waals surface area contributed by atoms with Crippen LogP contribution in [0.15, 0.2) is 18.2 Å². The van der Waals surface area contributed by atoms with Crippen LogP contribution in [0.2, 0.25) is 0 Å². The second kappa shape index (κ2) is 2.48. The number of amides is 2. The topological polar surface area (TPSA) is 41.1 Å². The Hall–Kier alpha value is -1.58. The fourth-order valence-electron chi connectivity index (χ4n) is 1.19. The molecule has 62 valence electrons. The highest BCUT2D eigenvalue weighted by Crippen LogP contribution is 2.21. The zero-order chi connectivity index (χ0) is 8.55.